The molecular weight excluding hydrogens is 326 g/mol. The minimum atomic E-state index is -0.721. The standard InChI is InChI=1S/C17H12ClN5O/c18-12-7-5-11(6-8-12)16(24)15(23-10-19-9-20-23)17-21-13-3-1-2-4-14(13)22-17/h1-10,15H,(H,21,22). The highest BCUT2D eigenvalue weighted by atomic mass is 35.5. The predicted molar refractivity (Wildman–Crippen MR) is 90.0 cm³/mol. The molecule has 0 fully saturated rings. The lowest BCUT2D eigenvalue weighted by atomic mass is 10.0. The number of imidazole rings is 1. The number of aromatic nitrogens is 5. The van der Waals surface area contributed by atoms with Gasteiger partial charge in [-0.1, -0.05) is 23.7 Å². The van der Waals surface area contributed by atoms with Gasteiger partial charge in [0.05, 0.1) is 11.0 Å². The first-order chi connectivity index (χ1) is 11.7. The highest BCUT2D eigenvalue weighted by Crippen LogP contribution is 2.23. The fourth-order valence-corrected chi connectivity index (χ4v) is 2.72. The number of carbonyl (C=O) groups excluding carboxylic acids is 1. The van der Waals surface area contributed by atoms with Gasteiger partial charge in [-0.05, 0) is 36.4 Å². The Labute approximate surface area is 142 Å². The lowest BCUT2D eigenvalue weighted by Gasteiger charge is -2.13. The van der Waals surface area contributed by atoms with Crippen LogP contribution in [0.1, 0.15) is 22.2 Å². The van der Waals surface area contributed by atoms with Gasteiger partial charge in [0.2, 0.25) is 0 Å². The third-order valence-corrected chi connectivity index (χ3v) is 4.00. The minimum Gasteiger partial charge on any atom is -0.340 e. The molecule has 4 rings (SSSR count). The van der Waals surface area contributed by atoms with Gasteiger partial charge in [-0.15, -0.1) is 0 Å². The van der Waals surface area contributed by atoms with E-state index in [9.17, 15) is 4.79 Å². The number of nitrogens with one attached hydrogen (secondary N) is 1. The van der Waals surface area contributed by atoms with Crippen molar-refractivity contribution in [2.45, 2.75) is 6.04 Å². The SMILES string of the molecule is O=C(c1ccc(Cl)cc1)C(c1nc2ccccc2[nH]1)n1cncn1. The van der Waals surface area contributed by atoms with Gasteiger partial charge < -0.3 is 4.98 Å². The first kappa shape index (κ1) is 14.6. The zero-order valence-electron chi connectivity index (χ0n) is 12.4. The van der Waals surface area contributed by atoms with Gasteiger partial charge in [0.15, 0.2) is 11.8 Å². The number of fused-ring (bicyclic) bond motifs is 1. The molecule has 0 aliphatic rings. The van der Waals surface area contributed by atoms with Gasteiger partial charge in [0.25, 0.3) is 0 Å². The van der Waals surface area contributed by atoms with Crippen LogP contribution in [0, 0.1) is 0 Å². The van der Waals surface area contributed by atoms with Gasteiger partial charge in [0, 0.05) is 10.6 Å². The first-order valence-corrected chi connectivity index (χ1v) is 7.69. The summed E-state index contributed by atoms with van der Waals surface area (Å²) in [6, 6.07) is 13.7. The summed E-state index contributed by atoms with van der Waals surface area (Å²) in [5, 5.41) is 4.70. The molecule has 4 aromatic rings. The third kappa shape index (κ3) is 2.57. The van der Waals surface area contributed by atoms with Crippen LogP contribution in [-0.2, 0) is 0 Å². The molecule has 118 valence electrons. The molecule has 0 bridgehead atoms. The molecule has 0 spiro atoms. The second kappa shape index (κ2) is 5.90. The molecule has 0 radical (unpaired) electrons. The summed E-state index contributed by atoms with van der Waals surface area (Å²) in [5.74, 6) is 0.373. The van der Waals surface area contributed by atoms with Crippen molar-refractivity contribution in [3.8, 4) is 0 Å². The van der Waals surface area contributed by atoms with Crippen LogP contribution in [0.25, 0.3) is 11.0 Å². The van der Waals surface area contributed by atoms with Crippen molar-refractivity contribution in [3.05, 3.63) is 77.6 Å². The Hall–Kier alpha value is -2.99. The van der Waals surface area contributed by atoms with E-state index in [0.717, 1.165) is 11.0 Å². The zero-order valence-corrected chi connectivity index (χ0v) is 13.2. The van der Waals surface area contributed by atoms with E-state index < -0.39 is 6.04 Å². The molecule has 0 amide bonds. The Bertz CT molecular complexity index is 958. The molecule has 1 N–H and O–H groups in total. The summed E-state index contributed by atoms with van der Waals surface area (Å²) in [4.78, 5) is 24.7. The zero-order chi connectivity index (χ0) is 16.5. The molecule has 0 aliphatic heterocycles. The summed E-state index contributed by atoms with van der Waals surface area (Å²) >= 11 is 5.91. The molecule has 2 heterocycles. The topological polar surface area (TPSA) is 76.5 Å². The highest BCUT2D eigenvalue weighted by Gasteiger charge is 2.27. The molecule has 2 aromatic heterocycles. The fourth-order valence-electron chi connectivity index (χ4n) is 2.59. The van der Waals surface area contributed by atoms with E-state index in [1.54, 1.807) is 24.3 Å². The first-order valence-electron chi connectivity index (χ1n) is 7.31. The monoisotopic (exact) mass is 337 g/mol. The van der Waals surface area contributed by atoms with E-state index in [1.165, 1.54) is 17.3 Å². The van der Waals surface area contributed by atoms with Crippen LogP contribution in [-0.4, -0.2) is 30.5 Å². The van der Waals surface area contributed by atoms with E-state index in [1.807, 2.05) is 24.3 Å². The number of nitrogens with zero attached hydrogens (tertiary/aromatic N) is 4. The Morgan fingerprint density at radius 1 is 1.12 bits per heavy atom. The fraction of sp³-hybridized carbons (Fsp3) is 0.0588. The van der Waals surface area contributed by atoms with Crippen LogP contribution in [0.3, 0.4) is 0 Å². The molecule has 1 atom stereocenters. The molecule has 1 unspecified atom stereocenters. The van der Waals surface area contributed by atoms with E-state index in [4.69, 9.17) is 11.6 Å². The minimum absolute atomic E-state index is 0.142. The predicted octanol–water partition coefficient (Wildman–Crippen LogP) is 3.28. The quantitative estimate of drug-likeness (QED) is 0.580. The van der Waals surface area contributed by atoms with Crippen LogP contribution >= 0.6 is 11.6 Å². The number of rotatable bonds is 4. The molecule has 6 nitrogen and oxygen atoms in total. The number of benzene rings is 2. The maximum absolute atomic E-state index is 13.0. The van der Waals surface area contributed by atoms with Crippen LogP contribution in [0.5, 0.6) is 0 Å². The Kier molecular flexibility index (Phi) is 3.59. The number of carbonyl (C=O) groups is 1. The van der Waals surface area contributed by atoms with Crippen molar-refractivity contribution in [2.24, 2.45) is 0 Å². The van der Waals surface area contributed by atoms with Crippen molar-refractivity contribution in [2.75, 3.05) is 0 Å². The van der Waals surface area contributed by atoms with Crippen LogP contribution in [0.2, 0.25) is 5.02 Å². The van der Waals surface area contributed by atoms with Crippen molar-refractivity contribution < 1.29 is 4.79 Å². The van der Waals surface area contributed by atoms with Crippen LogP contribution in [0.15, 0.2) is 61.2 Å². The highest BCUT2D eigenvalue weighted by molar-refractivity contribution is 6.30. The second-order valence-corrected chi connectivity index (χ2v) is 5.72. The smallest absolute Gasteiger partial charge is 0.195 e. The number of H-pyrrole nitrogens is 1. The Morgan fingerprint density at radius 3 is 2.62 bits per heavy atom. The average molecular weight is 338 g/mol. The lowest BCUT2D eigenvalue weighted by molar-refractivity contribution is 0.0936. The normalized spacial score (nSPS) is 12.4. The molecule has 7 heteroatoms. The number of para-hydroxylation sites is 2. The van der Waals surface area contributed by atoms with Gasteiger partial charge in [-0.25, -0.2) is 14.6 Å². The molecule has 0 saturated heterocycles. The van der Waals surface area contributed by atoms with E-state index in [0.29, 0.717) is 16.4 Å². The molecule has 0 saturated carbocycles. The maximum atomic E-state index is 13.0. The summed E-state index contributed by atoms with van der Waals surface area (Å²) < 4.78 is 1.49. The number of ketones is 1. The molecular formula is C17H12ClN5O. The molecule has 24 heavy (non-hydrogen) atoms. The number of halogens is 1. The second-order valence-electron chi connectivity index (χ2n) is 5.29. The Morgan fingerprint density at radius 2 is 1.92 bits per heavy atom. The maximum Gasteiger partial charge on any atom is 0.195 e. The lowest BCUT2D eigenvalue weighted by Crippen LogP contribution is -2.22. The van der Waals surface area contributed by atoms with Crippen molar-refractivity contribution in [3.63, 3.8) is 0 Å². The van der Waals surface area contributed by atoms with Gasteiger partial charge >= 0.3 is 0 Å². The Balaban J connectivity index is 1.82. The average Bonchev–Trinajstić information content (AvgIpc) is 3.25. The number of Topliss-reactive ketones (excluding diaryl/α,β-unsaturated/α-hetero) is 1. The van der Waals surface area contributed by atoms with Crippen molar-refractivity contribution in [1.29, 1.82) is 0 Å². The van der Waals surface area contributed by atoms with Crippen molar-refractivity contribution >= 4 is 28.4 Å². The number of hydrogen-bond acceptors (Lipinski definition) is 4. The number of hydrogen-bond donors (Lipinski definition) is 1. The van der Waals surface area contributed by atoms with Gasteiger partial charge in [-0.2, -0.15) is 5.10 Å². The molecule has 0 aliphatic carbocycles. The number of aromatic amines is 1. The summed E-state index contributed by atoms with van der Waals surface area (Å²) in [6.45, 7) is 0. The van der Waals surface area contributed by atoms with Gasteiger partial charge in [0.1, 0.15) is 18.5 Å². The van der Waals surface area contributed by atoms with E-state index >= 15 is 0 Å². The largest absolute Gasteiger partial charge is 0.340 e. The summed E-state index contributed by atoms with van der Waals surface area (Å²) in [7, 11) is 0. The third-order valence-electron chi connectivity index (χ3n) is 3.74. The van der Waals surface area contributed by atoms with Crippen molar-refractivity contribution in [1.82, 2.24) is 24.7 Å². The van der Waals surface area contributed by atoms with Crippen LogP contribution in [0.4, 0.5) is 0 Å². The molecule has 2 aromatic carbocycles. The van der Waals surface area contributed by atoms with E-state index in [2.05, 4.69) is 20.1 Å². The summed E-state index contributed by atoms with van der Waals surface area (Å²) in [5.41, 5.74) is 2.18. The summed E-state index contributed by atoms with van der Waals surface area (Å²) in [6.07, 6.45) is 2.90. The van der Waals surface area contributed by atoms with Gasteiger partial charge in [-0.3, -0.25) is 4.79 Å². The van der Waals surface area contributed by atoms with Crippen LogP contribution < -0.4 is 0 Å². The van der Waals surface area contributed by atoms with E-state index in [-0.39, 0.29) is 5.78 Å².